The summed E-state index contributed by atoms with van der Waals surface area (Å²) in [5.41, 5.74) is 2.76. The van der Waals surface area contributed by atoms with Crippen LogP contribution < -0.4 is 10.6 Å². The first-order valence-corrected chi connectivity index (χ1v) is 8.09. The minimum Gasteiger partial charge on any atom is -0.310 e. The molecule has 3 rings (SSSR count). The lowest BCUT2D eigenvalue weighted by atomic mass is 9.60. The second-order valence-electron chi connectivity index (χ2n) is 6.94. The fourth-order valence-corrected chi connectivity index (χ4v) is 3.47. The van der Waals surface area contributed by atoms with Gasteiger partial charge in [0.2, 0.25) is 0 Å². The summed E-state index contributed by atoms with van der Waals surface area (Å²) in [7, 11) is 0. The third-order valence-electron chi connectivity index (χ3n) is 5.70. The quantitative estimate of drug-likeness (QED) is 0.462. The first-order valence-electron chi connectivity index (χ1n) is 8.09. The van der Waals surface area contributed by atoms with Crippen molar-refractivity contribution in [2.45, 2.75) is 26.3 Å². The van der Waals surface area contributed by atoms with Crippen LogP contribution in [0.5, 0.6) is 0 Å². The van der Waals surface area contributed by atoms with Crippen LogP contribution in [0.1, 0.15) is 20.8 Å². The van der Waals surface area contributed by atoms with E-state index < -0.39 is 0 Å². The molecule has 1 aliphatic carbocycles. The van der Waals surface area contributed by atoms with E-state index in [4.69, 9.17) is 0 Å². The molecule has 122 valence electrons. The molecule has 2 atom stereocenters. The minimum absolute atomic E-state index is 0.144. The summed E-state index contributed by atoms with van der Waals surface area (Å²) in [6.07, 6.45) is 6.41. The Morgan fingerprint density at radius 3 is 2.42 bits per heavy atom. The van der Waals surface area contributed by atoms with E-state index in [0.29, 0.717) is 0 Å². The summed E-state index contributed by atoms with van der Waals surface area (Å²) in [5, 5.41) is 2.94. The number of para-hydroxylation sites is 1. The largest absolute Gasteiger partial charge is 0.310 e. The first kappa shape index (κ1) is 16.3. The molecular weight excluding hydrogens is 292 g/mol. The van der Waals surface area contributed by atoms with Gasteiger partial charge in [-0.1, -0.05) is 55.7 Å². The molecule has 1 aliphatic rings. The Balaban J connectivity index is 2.11. The highest BCUT2D eigenvalue weighted by Gasteiger charge is 2.48. The van der Waals surface area contributed by atoms with E-state index >= 15 is 0 Å². The van der Waals surface area contributed by atoms with Gasteiger partial charge >= 0.3 is 0 Å². The van der Waals surface area contributed by atoms with E-state index in [1.54, 1.807) is 0 Å². The summed E-state index contributed by atoms with van der Waals surface area (Å²) in [6, 6.07) is 8.19. The summed E-state index contributed by atoms with van der Waals surface area (Å²) in [4.78, 5) is 4.32. The van der Waals surface area contributed by atoms with Crippen molar-refractivity contribution in [2.24, 2.45) is 10.4 Å². The molecule has 1 aromatic carbocycles. The van der Waals surface area contributed by atoms with Crippen molar-refractivity contribution in [1.82, 2.24) is 4.57 Å². The van der Waals surface area contributed by atoms with Gasteiger partial charge in [-0.3, -0.25) is 4.99 Å². The van der Waals surface area contributed by atoms with Crippen LogP contribution in [-0.2, 0) is 0 Å². The topological polar surface area (TPSA) is 17.3 Å². The molecule has 0 saturated carbocycles. The fourth-order valence-electron chi connectivity index (χ4n) is 3.47. The highest BCUT2D eigenvalue weighted by Crippen LogP contribution is 2.50. The van der Waals surface area contributed by atoms with Gasteiger partial charge < -0.3 is 4.57 Å². The number of benzene rings is 1. The fraction of sp³-hybridized carbons (Fsp3) is 0.227. The Labute approximate surface area is 143 Å². The zero-order valence-corrected chi connectivity index (χ0v) is 14.8. The van der Waals surface area contributed by atoms with Crippen molar-refractivity contribution in [3.63, 3.8) is 0 Å². The Hall–Kier alpha value is -2.61. The molecule has 0 saturated heterocycles. The predicted molar refractivity (Wildman–Crippen MR) is 107 cm³/mol. The summed E-state index contributed by atoms with van der Waals surface area (Å²) in [6.45, 7) is 22.8. The van der Waals surface area contributed by atoms with Crippen LogP contribution in [0, 0.1) is 5.41 Å². The van der Waals surface area contributed by atoms with Crippen LogP contribution >= 0.6 is 0 Å². The molecular formula is C22H24N2. The van der Waals surface area contributed by atoms with Crippen LogP contribution in [-0.4, -0.2) is 16.8 Å². The third kappa shape index (κ3) is 1.99. The molecule has 2 unspecified atom stereocenters. The maximum atomic E-state index is 4.32. The highest BCUT2D eigenvalue weighted by molar-refractivity contribution is 5.85. The molecule has 1 aromatic heterocycles. The van der Waals surface area contributed by atoms with Crippen LogP contribution in [0.25, 0.3) is 29.8 Å². The van der Waals surface area contributed by atoms with Gasteiger partial charge in [-0.05, 0) is 39.6 Å². The number of aromatic nitrogens is 1. The van der Waals surface area contributed by atoms with Gasteiger partial charge in [0.15, 0.2) is 0 Å². The van der Waals surface area contributed by atoms with Crippen LogP contribution in [0.2, 0.25) is 0 Å². The molecule has 2 heteroatoms. The third-order valence-corrected chi connectivity index (χ3v) is 5.70. The molecule has 0 bridgehead atoms. The number of hydrogen-bond donors (Lipinski definition) is 0. The molecule has 2 nitrogen and oxygen atoms in total. The van der Waals surface area contributed by atoms with Crippen LogP contribution in [0.4, 0.5) is 0 Å². The van der Waals surface area contributed by atoms with Crippen molar-refractivity contribution in [3.8, 4) is 0 Å². The Bertz CT molecular complexity index is 1020. The van der Waals surface area contributed by atoms with Gasteiger partial charge in [-0.15, -0.1) is 0 Å². The van der Waals surface area contributed by atoms with E-state index in [1.807, 2.05) is 12.1 Å². The zero-order chi connectivity index (χ0) is 17.7. The Morgan fingerprint density at radius 1 is 1.17 bits per heavy atom. The van der Waals surface area contributed by atoms with Gasteiger partial charge in [-0.2, -0.15) is 0 Å². The SMILES string of the molecule is C=NC1(C)C=CC1(C)/C(C)=C/C(=C)n1c(=C)c(=C)c2ccccc21. The number of hydrogen-bond acceptors (Lipinski definition) is 1. The average molecular weight is 316 g/mol. The molecule has 2 aromatic rings. The minimum atomic E-state index is -0.266. The van der Waals surface area contributed by atoms with Gasteiger partial charge in [0.1, 0.15) is 0 Å². The molecule has 0 amide bonds. The summed E-state index contributed by atoms with van der Waals surface area (Å²) >= 11 is 0. The lowest BCUT2D eigenvalue weighted by Gasteiger charge is -2.48. The van der Waals surface area contributed by atoms with E-state index in [9.17, 15) is 0 Å². The van der Waals surface area contributed by atoms with Crippen molar-refractivity contribution in [1.29, 1.82) is 0 Å². The zero-order valence-electron chi connectivity index (χ0n) is 14.8. The number of aliphatic imine (C=N–C) groups is 1. The van der Waals surface area contributed by atoms with Gasteiger partial charge in [-0.25, -0.2) is 0 Å². The average Bonchev–Trinajstić information content (AvgIpc) is 2.83. The number of fused-ring (bicyclic) bond motifs is 1. The monoisotopic (exact) mass is 316 g/mol. The van der Waals surface area contributed by atoms with Crippen molar-refractivity contribution < 1.29 is 0 Å². The number of rotatable bonds is 4. The van der Waals surface area contributed by atoms with Crippen molar-refractivity contribution in [2.75, 3.05) is 0 Å². The van der Waals surface area contributed by atoms with Gasteiger partial charge in [0, 0.05) is 27.1 Å². The normalized spacial score (nSPS) is 26.4. The van der Waals surface area contributed by atoms with E-state index in [0.717, 1.165) is 27.2 Å². The van der Waals surface area contributed by atoms with Gasteiger partial charge in [0.05, 0.1) is 11.1 Å². The smallest absolute Gasteiger partial charge is 0.0877 e. The van der Waals surface area contributed by atoms with Gasteiger partial charge in [0.25, 0.3) is 0 Å². The molecule has 24 heavy (non-hydrogen) atoms. The van der Waals surface area contributed by atoms with E-state index in [-0.39, 0.29) is 11.0 Å². The molecule has 0 aliphatic heterocycles. The summed E-state index contributed by atoms with van der Waals surface area (Å²) in [5.74, 6) is 0. The Kier molecular flexibility index (Phi) is 3.52. The van der Waals surface area contributed by atoms with Crippen molar-refractivity contribution >= 4 is 36.5 Å². The van der Waals surface area contributed by atoms with Crippen LogP contribution in [0.15, 0.2) is 59.6 Å². The summed E-state index contributed by atoms with van der Waals surface area (Å²) < 4.78 is 2.07. The van der Waals surface area contributed by atoms with E-state index in [1.165, 1.54) is 5.57 Å². The molecule has 0 fully saturated rings. The second kappa shape index (κ2) is 5.20. The predicted octanol–water partition coefficient (Wildman–Crippen LogP) is 3.91. The molecule has 0 N–H and O–H groups in total. The lowest BCUT2D eigenvalue weighted by Crippen LogP contribution is -2.47. The highest BCUT2D eigenvalue weighted by atomic mass is 15.0. The number of allylic oxidation sites excluding steroid dienone is 2. The maximum absolute atomic E-state index is 4.32. The van der Waals surface area contributed by atoms with E-state index in [2.05, 4.69) is 87.1 Å². The maximum Gasteiger partial charge on any atom is 0.0877 e. The molecule has 1 heterocycles. The second-order valence-corrected chi connectivity index (χ2v) is 6.94. The Morgan fingerprint density at radius 2 is 1.83 bits per heavy atom. The van der Waals surface area contributed by atoms with Crippen molar-refractivity contribution in [3.05, 3.63) is 65.2 Å². The van der Waals surface area contributed by atoms with Crippen LogP contribution in [0.3, 0.4) is 0 Å². The first-order chi connectivity index (χ1) is 11.2. The molecule has 0 radical (unpaired) electrons. The standard InChI is InChI=1S/C22H24N2/c1-15(21(5)12-13-22(21,6)23-7)14-16(2)24-18(4)17(3)19-10-8-9-11-20(19)24/h8-14H,2-4,7H2,1,5-6H3/b15-14+. The molecule has 0 spiro atoms. The lowest BCUT2D eigenvalue weighted by molar-refractivity contribution is 0.291. The number of nitrogens with zero attached hydrogens (tertiary/aromatic N) is 2.